The molecule has 0 aliphatic carbocycles. The van der Waals surface area contributed by atoms with Gasteiger partial charge in [0, 0.05) is 29.5 Å². The molecule has 9 nitrogen and oxygen atoms in total. The summed E-state index contributed by atoms with van der Waals surface area (Å²) in [6, 6.07) is 17.5. The van der Waals surface area contributed by atoms with E-state index in [-0.39, 0.29) is 17.5 Å². The van der Waals surface area contributed by atoms with Crippen LogP contribution in [-0.4, -0.2) is 28.2 Å². The molecule has 0 N–H and O–H groups in total. The third-order valence-corrected chi connectivity index (χ3v) is 8.04. The molecule has 2 amide bonds. The van der Waals surface area contributed by atoms with Gasteiger partial charge >= 0.3 is 0 Å². The van der Waals surface area contributed by atoms with Crippen LogP contribution in [0.4, 0.5) is 17.1 Å². The van der Waals surface area contributed by atoms with Gasteiger partial charge in [-0.2, -0.15) is 10.2 Å². The Bertz CT molecular complexity index is 1520. The third kappa shape index (κ3) is 4.57. The molecule has 0 aromatic heterocycles. The minimum atomic E-state index is -0.762. The molecule has 5 rings (SSSR count). The van der Waals surface area contributed by atoms with E-state index in [4.69, 9.17) is 0 Å². The molecule has 0 unspecified atom stereocenters. The van der Waals surface area contributed by atoms with Gasteiger partial charge in [0.25, 0.3) is 17.5 Å². The number of hydrogen-bond acceptors (Lipinski definition) is 6. The Morgan fingerprint density at radius 3 is 1.48 bits per heavy atom. The van der Waals surface area contributed by atoms with E-state index in [2.05, 4.69) is 10.2 Å². The molecular formula is C31H31N5O4. The third-order valence-electron chi connectivity index (χ3n) is 8.04. The van der Waals surface area contributed by atoms with Crippen LogP contribution in [0, 0.1) is 49.6 Å². The first-order chi connectivity index (χ1) is 19.0. The van der Waals surface area contributed by atoms with E-state index in [0.717, 1.165) is 22.3 Å². The molecule has 3 aromatic rings. The van der Waals surface area contributed by atoms with Crippen LogP contribution in [0.1, 0.15) is 47.6 Å². The van der Waals surface area contributed by atoms with Gasteiger partial charge in [-0.3, -0.25) is 19.7 Å². The number of hydrogen-bond donors (Lipinski definition) is 0. The van der Waals surface area contributed by atoms with E-state index < -0.39 is 22.7 Å². The van der Waals surface area contributed by atoms with Crippen molar-refractivity contribution in [1.29, 1.82) is 0 Å². The molecule has 40 heavy (non-hydrogen) atoms. The Morgan fingerprint density at radius 2 is 1.10 bits per heavy atom. The highest BCUT2D eigenvalue weighted by Crippen LogP contribution is 2.43. The minimum Gasteiger partial charge on any atom is -0.272 e. The van der Waals surface area contributed by atoms with Crippen LogP contribution in [-0.2, 0) is 9.59 Å². The predicted molar refractivity (Wildman–Crippen MR) is 156 cm³/mol. The Hall–Kier alpha value is -4.66. The summed E-state index contributed by atoms with van der Waals surface area (Å²) >= 11 is 0. The predicted octanol–water partition coefficient (Wildman–Crippen LogP) is 5.99. The van der Waals surface area contributed by atoms with Crippen molar-refractivity contribution in [3.05, 3.63) is 98.6 Å². The van der Waals surface area contributed by atoms with E-state index >= 15 is 0 Å². The number of amides is 2. The van der Waals surface area contributed by atoms with Crippen molar-refractivity contribution in [1.82, 2.24) is 0 Å². The van der Waals surface area contributed by atoms with Crippen molar-refractivity contribution in [2.24, 2.45) is 22.0 Å². The first-order valence-corrected chi connectivity index (χ1v) is 13.1. The topological polar surface area (TPSA) is 108 Å². The maximum absolute atomic E-state index is 14.0. The van der Waals surface area contributed by atoms with Gasteiger partial charge in [-0.15, -0.1) is 0 Å². The molecule has 0 saturated carbocycles. The summed E-state index contributed by atoms with van der Waals surface area (Å²) in [5.74, 6) is -2.70. The largest absolute Gasteiger partial charge is 0.272 e. The average Bonchev–Trinajstić information content (AvgIpc) is 3.38. The van der Waals surface area contributed by atoms with Crippen molar-refractivity contribution in [2.45, 2.75) is 47.5 Å². The number of benzene rings is 3. The molecule has 0 spiro atoms. The van der Waals surface area contributed by atoms with Gasteiger partial charge in [-0.1, -0.05) is 24.3 Å². The number of rotatable bonds is 6. The van der Waals surface area contributed by atoms with Gasteiger partial charge in [0.2, 0.25) is 0 Å². The number of nitro benzene ring substituents is 1. The summed E-state index contributed by atoms with van der Waals surface area (Å²) in [6.07, 6.45) is 0. The molecule has 204 valence electrons. The number of hydrazone groups is 2. The maximum atomic E-state index is 14.0. The van der Waals surface area contributed by atoms with Crippen LogP contribution in [0.15, 0.2) is 70.9 Å². The van der Waals surface area contributed by atoms with Crippen LogP contribution >= 0.6 is 0 Å². The van der Waals surface area contributed by atoms with Crippen LogP contribution in [0.3, 0.4) is 0 Å². The number of carbonyl (C=O) groups excluding carboxylic acids is 2. The summed E-state index contributed by atoms with van der Waals surface area (Å²) in [7, 11) is 0. The van der Waals surface area contributed by atoms with E-state index in [0.29, 0.717) is 28.4 Å². The number of nitro groups is 1. The molecule has 9 heteroatoms. The lowest BCUT2D eigenvalue weighted by molar-refractivity contribution is -0.384. The number of non-ortho nitro benzene ring substituents is 1. The quantitative estimate of drug-likeness (QED) is 0.284. The highest BCUT2D eigenvalue weighted by Gasteiger charge is 2.50. The van der Waals surface area contributed by atoms with Gasteiger partial charge in [-0.05, 0) is 93.6 Å². The number of nitrogens with zero attached hydrogens (tertiary/aromatic N) is 5. The van der Waals surface area contributed by atoms with E-state index in [1.807, 2.05) is 64.1 Å². The molecular weight excluding hydrogens is 506 g/mol. The zero-order valence-electron chi connectivity index (χ0n) is 23.4. The lowest BCUT2D eigenvalue weighted by Crippen LogP contribution is -2.40. The fraction of sp³-hybridized carbons (Fsp3) is 0.290. The highest BCUT2D eigenvalue weighted by molar-refractivity contribution is 6.19. The summed E-state index contributed by atoms with van der Waals surface area (Å²) in [6.45, 7) is 11.5. The molecule has 2 aliphatic rings. The van der Waals surface area contributed by atoms with E-state index in [1.165, 1.54) is 22.2 Å². The summed E-state index contributed by atoms with van der Waals surface area (Å²) in [5, 5.41) is 23.4. The second-order valence-electron chi connectivity index (χ2n) is 10.6. The summed E-state index contributed by atoms with van der Waals surface area (Å²) in [5.41, 5.74) is 7.27. The molecule has 0 radical (unpaired) electrons. The zero-order valence-corrected chi connectivity index (χ0v) is 23.4. The molecule has 2 atom stereocenters. The van der Waals surface area contributed by atoms with Crippen LogP contribution < -0.4 is 10.0 Å². The molecule has 0 bridgehead atoms. The Labute approximate surface area is 233 Å². The number of anilines is 2. The van der Waals surface area contributed by atoms with Crippen molar-refractivity contribution < 1.29 is 14.5 Å². The number of aryl methyl sites for hydroxylation is 4. The van der Waals surface area contributed by atoms with Crippen molar-refractivity contribution in [3.8, 4) is 0 Å². The average molecular weight is 538 g/mol. The first-order valence-electron chi connectivity index (χ1n) is 13.1. The van der Waals surface area contributed by atoms with Crippen molar-refractivity contribution >= 4 is 40.3 Å². The SMILES string of the molecule is CC1=NN(c2ccc(C)c(C)c2)C(=O)[C@@H]1C(c1ccc([N+](=O)[O-])cc1)[C@H]1C(=O)N(c2ccc(C)c(C)c2)N=C1C. The Morgan fingerprint density at radius 1 is 0.675 bits per heavy atom. The zero-order chi connectivity index (χ0) is 28.9. The van der Waals surface area contributed by atoms with Gasteiger partial charge in [-0.25, -0.2) is 10.0 Å². The standard InChI is InChI=1S/C31H31N5O4/c1-17-7-11-25(15-19(17)3)34-30(37)27(21(5)32-34)29(23-9-13-24(14-10-23)36(39)40)28-22(6)33-35(31(28)38)26-12-8-18(2)20(4)16-26/h7-16,27-29H,1-6H3/t27-,28-/m0/s1. The highest BCUT2D eigenvalue weighted by atomic mass is 16.6. The maximum Gasteiger partial charge on any atom is 0.269 e. The molecule has 0 fully saturated rings. The fourth-order valence-electron chi connectivity index (χ4n) is 5.47. The van der Waals surface area contributed by atoms with Gasteiger partial charge < -0.3 is 0 Å². The molecule has 2 aliphatic heterocycles. The van der Waals surface area contributed by atoms with Gasteiger partial charge in [0.1, 0.15) is 0 Å². The number of carbonyl (C=O) groups is 2. The molecule has 3 aromatic carbocycles. The van der Waals surface area contributed by atoms with Crippen molar-refractivity contribution in [3.63, 3.8) is 0 Å². The fourth-order valence-corrected chi connectivity index (χ4v) is 5.47. The molecule has 0 saturated heterocycles. The lowest BCUT2D eigenvalue weighted by atomic mass is 9.73. The first kappa shape index (κ1) is 26.9. The van der Waals surface area contributed by atoms with Crippen LogP contribution in [0.5, 0.6) is 0 Å². The van der Waals surface area contributed by atoms with E-state index in [9.17, 15) is 19.7 Å². The van der Waals surface area contributed by atoms with Crippen LogP contribution in [0.25, 0.3) is 0 Å². The second-order valence-corrected chi connectivity index (χ2v) is 10.6. The molecule has 2 heterocycles. The van der Waals surface area contributed by atoms with Crippen molar-refractivity contribution in [2.75, 3.05) is 10.0 Å². The Balaban J connectivity index is 1.58. The summed E-state index contributed by atoms with van der Waals surface area (Å²) < 4.78 is 0. The minimum absolute atomic E-state index is 0.0673. The summed E-state index contributed by atoms with van der Waals surface area (Å²) in [4.78, 5) is 39.0. The van der Waals surface area contributed by atoms with Crippen LogP contribution in [0.2, 0.25) is 0 Å². The Kier molecular flexibility index (Phi) is 6.83. The second kappa shape index (κ2) is 10.1. The van der Waals surface area contributed by atoms with Gasteiger partial charge in [0.05, 0.1) is 28.1 Å². The lowest BCUT2D eigenvalue weighted by Gasteiger charge is -2.28. The van der Waals surface area contributed by atoms with Gasteiger partial charge in [0.15, 0.2) is 0 Å². The smallest absolute Gasteiger partial charge is 0.269 e. The normalized spacial score (nSPS) is 19.0. The monoisotopic (exact) mass is 537 g/mol. The van der Waals surface area contributed by atoms with E-state index in [1.54, 1.807) is 26.0 Å².